The molecule has 0 bridgehead atoms. The van der Waals surface area contributed by atoms with Gasteiger partial charge in [-0.2, -0.15) is 5.10 Å². The van der Waals surface area contributed by atoms with E-state index in [4.69, 9.17) is 4.74 Å². The van der Waals surface area contributed by atoms with E-state index in [9.17, 15) is 14.4 Å². The van der Waals surface area contributed by atoms with Crippen LogP contribution in [0.1, 0.15) is 31.9 Å². The van der Waals surface area contributed by atoms with Crippen molar-refractivity contribution in [2.24, 2.45) is 11.0 Å². The third kappa shape index (κ3) is 7.93. The van der Waals surface area contributed by atoms with Gasteiger partial charge < -0.3 is 15.4 Å². The first-order chi connectivity index (χ1) is 14.9. The van der Waals surface area contributed by atoms with Crippen LogP contribution < -0.4 is 20.8 Å². The number of ether oxygens (including phenoxy) is 1. The van der Waals surface area contributed by atoms with Crippen LogP contribution in [-0.2, 0) is 20.8 Å². The highest BCUT2D eigenvalue weighted by molar-refractivity contribution is 6.35. The highest BCUT2D eigenvalue weighted by Crippen LogP contribution is 2.17. The molecule has 8 nitrogen and oxygen atoms in total. The number of hydrogen-bond donors (Lipinski definition) is 3. The summed E-state index contributed by atoms with van der Waals surface area (Å²) in [5.41, 5.74) is 4.52. The van der Waals surface area contributed by atoms with E-state index < -0.39 is 11.8 Å². The Hall–Kier alpha value is -3.68. The zero-order chi connectivity index (χ0) is 22.6. The highest BCUT2D eigenvalue weighted by Gasteiger charge is 2.12. The number of rotatable bonds is 9. The lowest BCUT2D eigenvalue weighted by Crippen LogP contribution is -2.39. The number of amides is 3. The first-order valence-corrected chi connectivity index (χ1v) is 10.1. The van der Waals surface area contributed by atoms with E-state index in [0.29, 0.717) is 17.9 Å². The van der Waals surface area contributed by atoms with E-state index in [1.807, 2.05) is 45.0 Å². The molecular formula is C23H28N4O4. The van der Waals surface area contributed by atoms with Gasteiger partial charge in [0, 0.05) is 17.8 Å². The molecule has 3 amide bonds. The minimum absolute atomic E-state index is 0.188. The van der Waals surface area contributed by atoms with Crippen molar-refractivity contribution in [3.8, 4) is 5.75 Å². The molecule has 0 aliphatic carbocycles. The Morgan fingerprint density at radius 1 is 1.03 bits per heavy atom. The smallest absolute Gasteiger partial charge is 0.329 e. The van der Waals surface area contributed by atoms with E-state index in [1.54, 1.807) is 24.3 Å². The lowest BCUT2D eigenvalue weighted by molar-refractivity contribution is -0.139. The topological polar surface area (TPSA) is 109 Å². The van der Waals surface area contributed by atoms with Crippen LogP contribution in [0.25, 0.3) is 0 Å². The number of para-hydroxylation sites is 2. The molecule has 0 aliphatic heterocycles. The lowest BCUT2D eigenvalue weighted by atomic mass is 10.1. The van der Waals surface area contributed by atoms with E-state index in [1.165, 1.54) is 6.21 Å². The Morgan fingerprint density at radius 3 is 2.48 bits per heavy atom. The summed E-state index contributed by atoms with van der Waals surface area (Å²) in [5, 5.41) is 9.15. The van der Waals surface area contributed by atoms with Crippen LogP contribution in [0.3, 0.4) is 0 Å². The molecule has 0 aliphatic rings. The molecule has 0 aromatic heterocycles. The predicted molar refractivity (Wildman–Crippen MR) is 120 cm³/mol. The predicted octanol–water partition coefficient (Wildman–Crippen LogP) is 2.49. The van der Waals surface area contributed by atoms with E-state index in [2.05, 4.69) is 21.2 Å². The normalized spacial score (nSPS) is 10.7. The lowest BCUT2D eigenvalue weighted by Gasteiger charge is -2.11. The van der Waals surface area contributed by atoms with Crippen molar-refractivity contribution < 1.29 is 19.1 Å². The molecule has 0 saturated carbocycles. The minimum Gasteiger partial charge on any atom is -0.483 e. The van der Waals surface area contributed by atoms with Crippen LogP contribution in [0.4, 0.5) is 5.69 Å². The number of hydrazone groups is 1. The first-order valence-electron chi connectivity index (χ1n) is 10.1. The molecular weight excluding hydrogens is 396 g/mol. The summed E-state index contributed by atoms with van der Waals surface area (Å²) >= 11 is 0. The van der Waals surface area contributed by atoms with Gasteiger partial charge in [0.25, 0.3) is 5.91 Å². The summed E-state index contributed by atoms with van der Waals surface area (Å²) in [7, 11) is 0. The largest absolute Gasteiger partial charge is 0.483 e. The SMILES string of the molecule is CCc1ccccc1NC(=O)COc1ccccc1/C=N\NC(=O)C(=O)NCC(C)C. The second-order valence-electron chi connectivity index (χ2n) is 7.19. The summed E-state index contributed by atoms with van der Waals surface area (Å²) < 4.78 is 5.62. The van der Waals surface area contributed by atoms with Crippen LogP contribution in [0.2, 0.25) is 0 Å². The molecule has 0 spiro atoms. The van der Waals surface area contributed by atoms with Crippen molar-refractivity contribution >= 4 is 29.6 Å². The van der Waals surface area contributed by atoms with Crippen LogP contribution in [-0.4, -0.2) is 37.1 Å². The average Bonchev–Trinajstić information content (AvgIpc) is 2.77. The van der Waals surface area contributed by atoms with Crippen LogP contribution >= 0.6 is 0 Å². The van der Waals surface area contributed by atoms with Crippen LogP contribution in [0, 0.1) is 5.92 Å². The molecule has 0 unspecified atom stereocenters. The van der Waals surface area contributed by atoms with Gasteiger partial charge in [-0.15, -0.1) is 0 Å². The second kappa shape index (κ2) is 12.1. The van der Waals surface area contributed by atoms with Gasteiger partial charge in [-0.1, -0.05) is 51.1 Å². The third-order valence-corrected chi connectivity index (χ3v) is 4.20. The van der Waals surface area contributed by atoms with Gasteiger partial charge in [0.15, 0.2) is 6.61 Å². The van der Waals surface area contributed by atoms with Gasteiger partial charge in [0.05, 0.1) is 6.21 Å². The molecule has 3 N–H and O–H groups in total. The Balaban J connectivity index is 1.91. The molecule has 164 valence electrons. The summed E-state index contributed by atoms with van der Waals surface area (Å²) in [6, 6.07) is 14.5. The molecule has 0 atom stereocenters. The van der Waals surface area contributed by atoms with Crippen molar-refractivity contribution in [3.05, 3.63) is 59.7 Å². The highest BCUT2D eigenvalue weighted by atomic mass is 16.5. The third-order valence-electron chi connectivity index (χ3n) is 4.20. The maximum atomic E-state index is 12.3. The summed E-state index contributed by atoms with van der Waals surface area (Å²) in [6.45, 7) is 6.08. The van der Waals surface area contributed by atoms with Gasteiger partial charge in [0.1, 0.15) is 5.75 Å². The fourth-order valence-corrected chi connectivity index (χ4v) is 2.59. The molecule has 0 saturated heterocycles. The maximum absolute atomic E-state index is 12.3. The van der Waals surface area contributed by atoms with Gasteiger partial charge in [0.2, 0.25) is 0 Å². The number of carbonyl (C=O) groups excluding carboxylic acids is 3. The number of aryl methyl sites for hydroxylation is 1. The molecule has 31 heavy (non-hydrogen) atoms. The monoisotopic (exact) mass is 424 g/mol. The molecule has 0 radical (unpaired) electrons. The molecule has 2 aromatic carbocycles. The Bertz CT molecular complexity index is 941. The van der Waals surface area contributed by atoms with E-state index >= 15 is 0 Å². The van der Waals surface area contributed by atoms with Crippen LogP contribution in [0.15, 0.2) is 53.6 Å². The van der Waals surface area contributed by atoms with Gasteiger partial charge in [-0.05, 0) is 36.1 Å². The van der Waals surface area contributed by atoms with Crippen molar-refractivity contribution in [1.82, 2.24) is 10.7 Å². The van der Waals surface area contributed by atoms with Gasteiger partial charge in [-0.3, -0.25) is 14.4 Å². The van der Waals surface area contributed by atoms with Crippen LogP contribution in [0.5, 0.6) is 5.75 Å². The number of hydrogen-bond acceptors (Lipinski definition) is 5. The van der Waals surface area contributed by atoms with Gasteiger partial charge in [-0.25, -0.2) is 5.43 Å². The van der Waals surface area contributed by atoms with Crippen molar-refractivity contribution in [2.45, 2.75) is 27.2 Å². The Kier molecular flexibility index (Phi) is 9.22. The quantitative estimate of drug-likeness (QED) is 0.326. The Morgan fingerprint density at radius 2 is 1.74 bits per heavy atom. The summed E-state index contributed by atoms with van der Waals surface area (Å²) in [4.78, 5) is 35.7. The maximum Gasteiger partial charge on any atom is 0.329 e. The average molecular weight is 425 g/mol. The number of anilines is 1. The minimum atomic E-state index is -0.857. The number of nitrogens with zero attached hydrogens (tertiary/aromatic N) is 1. The van der Waals surface area contributed by atoms with Gasteiger partial charge >= 0.3 is 11.8 Å². The number of nitrogens with one attached hydrogen (secondary N) is 3. The van der Waals surface area contributed by atoms with Crippen molar-refractivity contribution in [1.29, 1.82) is 0 Å². The fourth-order valence-electron chi connectivity index (χ4n) is 2.59. The summed E-state index contributed by atoms with van der Waals surface area (Å²) in [6.07, 6.45) is 2.16. The number of benzene rings is 2. The first kappa shape index (κ1) is 23.6. The second-order valence-corrected chi connectivity index (χ2v) is 7.19. The Labute approximate surface area is 182 Å². The molecule has 8 heteroatoms. The fraction of sp³-hybridized carbons (Fsp3) is 0.304. The standard InChI is InChI=1S/C23H28N4O4/c1-4-17-9-5-7-11-19(17)26-21(28)15-31-20-12-8-6-10-18(20)14-25-27-23(30)22(29)24-13-16(2)3/h5-12,14,16H,4,13,15H2,1-3H3,(H,24,29)(H,26,28)(H,27,30)/b25-14-. The number of carbonyl (C=O) groups is 3. The molecule has 2 aromatic rings. The molecule has 2 rings (SSSR count). The molecule has 0 fully saturated rings. The van der Waals surface area contributed by atoms with E-state index in [-0.39, 0.29) is 18.4 Å². The van der Waals surface area contributed by atoms with Crippen molar-refractivity contribution in [2.75, 3.05) is 18.5 Å². The zero-order valence-electron chi connectivity index (χ0n) is 18.0. The van der Waals surface area contributed by atoms with Crippen molar-refractivity contribution in [3.63, 3.8) is 0 Å². The van der Waals surface area contributed by atoms with E-state index in [0.717, 1.165) is 17.7 Å². The molecule has 0 heterocycles. The zero-order valence-corrected chi connectivity index (χ0v) is 18.0. The summed E-state index contributed by atoms with van der Waals surface area (Å²) in [5.74, 6) is -1.24.